The van der Waals surface area contributed by atoms with Crippen molar-refractivity contribution in [1.29, 1.82) is 0 Å². The van der Waals surface area contributed by atoms with Gasteiger partial charge in [0.2, 0.25) is 5.91 Å². The fourth-order valence-electron chi connectivity index (χ4n) is 1.68. The highest BCUT2D eigenvalue weighted by Gasteiger charge is 2.06. The molecule has 2 rings (SSSR count). The van der Waals surface area contributed by atoms with E-state index in [1.54, 1.807) is 42.2 Å². The van der Waals surface area contributed by atoms with Crippen LogP contribution in [-0.4, -0.2) is 22.3 Å². The lowest BCUT2D eigenvalue weighted by molar-refractivity contribution is -0.116. The molecule has 6 heteroatoms. The number of nitrogens with zero attached hydrogens (tertiary/aromatic N) is 2. The number of ether oxygens (including phenoxy) is 1. The number of hydrogen-bond acceptors (Lipinski definition) is 3. The molecule has 0 saturated heterocycles. The number of nitrogens with one attached hydrogen (secondary N) is 1. The van der Waals surface area contributed by atoms with E-state index in [2.05, 4.69) is 10.4 Å². The monoisotopic (exact) mass is 277 g/mol. The molecule has 0 spiro atoms. The number of anilines is 1. The van der Waals surface area contributed by atoms with Crippen LogP contribution in [0.1, 0.15) is 12.8 Å². The molecule has 1 aromatic carbocycles. The molecule has 0 aliphatic rings. The van der Waals surface area contributed by atoms with Crippen LogP contribution in [0.25, 0.3) is 0 Å². The number of halogens is 1. The summed E-state index contributed by atoms with van der Waals surface area (Å²) in [4.78, 5) is 11.7. The third kappa shape index (κ3) is 3.81. The molecular weight excluding hydrogens is 261 g/mol. The molecule has 0 bridgehead atoms. The highest BCUT2D eigenvalue weighted by Crippen LogP contribution is 2.15. The summed E-state index contributed by atoms with van der Waals surface area (Å²) >= 11 is 0. The van der Waals surface area contributed by atoms with Gasteiger partial charge in [-0.25, -0.2) is 4.39 Å². The Labute approximate surface area is 116 Å². The fraction of sp³-hybridized carbons (Fsp3) is 0.286. The van der Waals surface area contributed by atoms with Gasteiger partial charge in [-0.15, -0.1) is 0 Å². The molecule has 2 aromatic rings. The van der Waals surface area contributed by atoms with Crippen molar-refractivity contribution >= 4 is 11.7 Å². The molecule has 1 aromatic heterocycles. The lowest BCUT2D eigenvalue weighted by atomic mass is 10.3. The zero-order valence-corrected chi connectivity index (χ0v) is 11.2. The molecule has 0 radical (unpaired) electrons. The first-order chi connectivity index (χ1) is 9.66. The van der Waals surface area contributed by atoms with E-state index in [9.17, 15) is 9.18 Å². The fourth-order valence-corrected chi connectivity index (χ4v) is 1.68. The molecule has 0 saturated carbocycles. The Bertz CT molecular complexity index is 583. The lowest BCUT2D eigenvalue weighted by Crippen LogP contribution is -2.15. The zero-order valence-electron chi connectivity index (χ0n) is 11.2. The number of aryl methyl sites for hydroxylation is 1. The van der Waals surface area contributed by atoms with E-state index in [1.165, 1.54) is 6.07 Å². The van der Waals surface area contributed by atoms with Gasteiger partial charge >= 0.3 is 0 Å². The SMILES string of the molecule is Cn1nccc1NC(=O)CCCOc1ccccc1F. The Morgan fingerprint density at radius 1 is 1.40 bits per heavy atom. The van der Waals surface area contributed by atoms with E-state index in [1.807, 2.05) is 0 Å². The molecule has 1 N–H and O–H groups in total. The number of hydrogen-bond donors (Lipinski definition) is 1. The number of para-hydroxylation sites is 1. The van der Waals surface area contributed by atoms with Crippen molar-refractivity contribution in [3.63, 3.8) is 0 Å². The second-order valence-corrected chi connectivity index (χ2v) is 4.27. The van der Waals surface area contributed by atoms with Crippen molar-refractivity contribution < 1.29 is 13.9 Å². The molecule has 0 unspecified atom stereocenters. The van der Waals surface area contributed by atoms with Gasteiger partial charge in [-0.1, -0.05) is 12.1 Å². The second-order valence-electron chi connectivity index (χ2n) is 4.27. The minimum Gasteiger partial charge on any atom is -0.491 e. The van der Waals surface area contributed by atoms with Crippen molar-refractivity contribution in [3.05, 3.63) is 42.3 Å². The molecule has 20 heavy (non-hydrogen) atoms. The van der Waals surface area contributed by atoms with Crippen LogP contribution in [0.2, 0.25) is 0 Å². The van der Waals surface area contributed by atoms with Crippen LogP contribution in [0.4, 0.5) is 10.2 Å². The molecule has 0 atom stereocenters. The Balaban J connectivity index is 1.70. The van der Waals surface area contributed by atoms with Crippen LogP contribution in [0.15, 0.2) is 36.5 Å². The average molecular weight is 277 g/mol. The van der Waals surface area contributed by atoms with E-state index >= 15 is 0 Å². The van der Waals surface area contributed by atoms with Crippen LogP contribution in [0.5, 0.6) is 5.75 Å². The van der Waals surface area contributed by atoms with Crippen LogP contribution >= 0.6 is 0 Å². The quantitative estimate of drug-likeness (QED) is 0.825. The minimum absolute atomic E-state index is 0.120. The second kappa shape index (κ2) is 6.70. The van der Waals surface area contributed by atoms with Gasteiger partial charge in [-0.2, -0.15) is 5.10 Å². The standard InChI is InChI=1S/C14H16FN3O2/c1-18-13(8-9-16-18)17-14(19)7-4-10-20-12-6-3-2-5-11(12)15/h2-3,5-6,8-9H,4,7,10H2,1H3,(H,17,19). The summed E-state index contributed by atoms with van der Waals surface area (Å²) in [5, 5.41) is 6.68. The predicted octanol–water partition coefficient (Wildman–Crippen LogP) is 2.36. The van der Waals surface area contributed by atoms with Crippen molar-refractivity contribution in [2.24, 2.45) is 7.05 Å². The van der Waals surface area contributed by atoms with E-state index in [-0.39, 0.29) is 11.7 Å². The van der Waals surface area contributed by atoms with Gasteiger partial charge in [-0.05, 0) is 18.6 Å². The molecule has 0 aliphatic heterocycles. The molecule has 0 aliphatic carbocycles. The highest BCUT2D eigenvalue weighted by atomic mass is 19.1. The number of carbonyl (C=O) groups is 1. The molecule has 1 heterocycles. The molecule has 0 fully saturated rings. The predicted molar refractivity (Wildman–Crippen MR) is 73.0 cm³/mol. The van der Waals surface area contributed by atoms with E-state index < -0.39 is 5.82 Å². The van der Waals surface area contributed by atoms with Gasteiger partial charge in [-0.3, -0.25) is 9.48 Å². The summed E-state index contributed by atoms with van der Waals surface area (Å²) in [5.74, 6) is 0.335. The zero-order chi connectivity index (χ0) is 14.4. The maximum Gasteiger partial charge on any atom is 0.225 e. The largest absolute Gasteiger partial charge is 0.491 e. The van der Waals surface area contributed by atoms with Crippen molar-refractivity contribution in [2.45, 2.75) is 12.8 Å². The molecule has 106 valence electrons. The molecule has 5 nitrogen and oxygen atoms in total. The maximum atomic E-state index is 13.3. The van der Waals surface area contributed by atoms with Crippen molar-refractivity contribution in [2.75, 3.05) is 11.9 Å². The summed E-state index contributed by atoms with van der Waals surface area (Å²) in [6.07, 6.45) is 2.43. The van der Waals surface area contributed by atoms with E-state index in [0.717, 1.165) is 0 Å². The summed E-state index contributed by atoms with van der Waals surface area (Å²) in [5.41, 5.74) is 0. The third-order valence-electron chi connectivity index (χ3n) is 2.73. The summed E-state index contributed by atoms with van der Waals surface area (Å²) in [7, 11) is 1.75. The molecule has 1 amide bonds. The average Bonchev–Trinajstić information content (AvgIpc) is 2.82. The van der Waals surface area contributed by atoms with Crippen LogP contribution in [0, 0.1) is 5.82 Å². The lowest BCUT2D eigenvalue weighted by Gasteiger charge is -2.07. The number of rotatable bonds is 6. The smallest absolute Gasteiger partial charge is 0.225 e. The van der Waals surface area contributed by atoms with Crippen LogP contribution < -0.4 is 10.1 Å². The number of benzene rings is 1. The van der Waals surface area contributed by atoms with Gasteiger partial charge in [0, 0.05) is 19.5 Å². The van der Waals surface area contributed by atoms with Gasteiger partial charge in [0.05, 0.1) is 12.8 Å². The topological polar surface area (TPSA) is 56.2 Å². The Kier molecular flexibility index (Phi) is 4.70. The number of amides is 1. The first kappa shape index (κ1) is 14.0. The maximum absolute atomic E-state index is 13.3. The first-order valence-electron chi connectivity index (χ1n) is 6.32. The Morgan fingerprint density at radius 3 is 2.90 bits per heavy atom. The van der Waals surface area contributed by atoms with Gasteiger partial charge in [0.25, 0.3) is 0 Å². The summed E-state index contributed by atoms with van der Waals surface area (Å²) < 4.78 is 20.1. The first-order valence-corrected chi connectivity index (χ1v) is 6.32. The van der Waals surface area contributed by atoms with Crippen molar-refractivity contribution in [3.8, 4) is 5.75 Å². The summed E-state index contributed by atoms with van der Waals surface area (Å²) in [6.45, 7) is 0.291. The summed E-state index contributed by atoms with van der Waals surface area (Å²) in [6, 6.07) is 7.92. The van der Waals surface area contributed by atoms with Crippen LogP contribution in [-0.2, 0) is 11.8 Å². The van der Waals surface area contributed by atoms with Gasteiger partial charge in [0.15, 0.2) is 11.6 Å². The van der Waals surface area contributed by atoms with Gasteiger partial charge in [0.1, 0.15) is 5.82 Å². The Hall–Kier alpha value is -2.37. The number of carbonyl (C=O) groups excluding carboxylic acids is 1. The Morgan fingerprint density at radius 2 is 2.20 bits per heavy atom. The number of aromatic nitrogens is 2. The normalized spacial score (nSPS) is 10.3. The highest BCUT2D eigenvalue weighted by molar-refractivity contribution is 5.89. The van der Waals surface area contributed by atoms with E-state index in [0.29, 0.717) is 25.3 Å². The van der Waals surface area contributed by atoms with E-state index in [4.69, 9.17) is 4.74 Å². The van der Waals surface area contributed by atoms with Gasteiger partial charge < -0.3 is 10.1 Å². The van der Waals surface area contributed by atoms with Crippen molar-refractivity contribution in [1.82, 2.24) is 9.78 Å². The minimum atomic E-state index is -0.396. The molecular formula is C14H16FN3O2. The van der Waals surface area contributed by atoms with Crippen LogP contribution in [0.3, 0.4) is 0 Å². The third-order valence-corrected chi connectivity index (χ3v) is 2.73.